The zero-order valence-corrected chi connectivity index (χ0v) is 19.1. The number of hydrogen-bond acceptors (Lipinski definition) is 6. The molecule has 33 heavy (non-hydrogen) atoms. The molecule has 2 aromatic heterocycles. The number of amides is 1. The van der Waals surface area contributed by atoms with E-state index in [2.05, 4.69) is 68.4 Å². The molecule has 0 saturated carbocycles. The molecule has 1 amide bonds. The molecule has 6 rings (SSSR count). The number of aryl methyl sites for hydroxylation is 1. The zero-order valence-electron chi connectivity index (χ0n) is 18.3. The van der Waals surface area contributed by atoms with Crippen LogP contribution >= 0.6 is 11.3 Å². The highest BCUT2D eigenvalue weighted by Gasteiger charge is 2.35. The molecule has 0 N–H and O–H groups in total. The van der Waals surface area contributed by atoms with Crippen LogP contribution in [0.4, 0.5) is 0 Å². The van der Waals surface area contributed by atoms with Gasteiger partial charge >= 0.3 is 0 Å². The van der Waals surface area contributed by atoms with Crippen LogP contribution in [0.3, 0.4) is 0 Å². The predicted octanol–water partition coefficient (Wildman–Crippen LogP) is 4.44. The smallest absolute Gasteiger partial charge is 0.265 e. The van der Waals surface area contributed by atoms with Crippen molar-refractivity contribution in [3.8, 4) is 21.8 Å². The average molecular weight is 454 g/mol. The molecule has 1 aliphatic carbocycles. The number of fused-ring (bicyclic) bond motifs is 3. The molecule has 0 atom stereocenters. The van der Waals surface area contributed by atoms with Crippen molar-refractivity contribution in [1.82, 2.24) is 24.8 Å². The number of piperazine rings is 1. The molecule has 7 heteroatoms. The van der Waals surface area contributed by atoms with Crippen LogP contribution in [0.1, 0.15) is 32.5 Å². The largest absolute Gasteiger partial charge is 0.335 e. The van der Waals surface area contributed by atoms with Crippen molar-refractivity contribution in [2.45, 2.75) is 13.0 Å². The third-order valence-corrected chi connectivity index (χ3v) is 7.71. The summed E-state index contributed by atoms with van der Waals surface area (Å²) in [6, 6.07) is 17.6. The Balaban J connectivity index is 1.21. The van der Waals surface area contributed by atoms with E-state index in [0.29, 0.717) is 23.7 Å². The SMILES string of the molecule is Cc1nc(-c2cnccn2)sc1C(=O)N1CCN(C2c3ccccc3-c3ccccc32)CC1. The zero-order chi connectivity index (χ0) is 22.4. The number of nitrogens with zero attached hydrogens (tertiary/aromatic N) is 5. The van der Waals surface area contributed by atoms with Crippen molar-refractivity contribution in [3.05, 3.63) is 88.8 Å². The second-order valence-electron chi connectivity index (χ2n) is 8.43. The van der Waals surface area contributed by atoms with Gasteiger partial charge in [-0.3, -0.25) is 19.7 Å². The van der Waals surface area contributed by atoms with Crippen molar-refractivity contribution in [2.75, 3.05) is 26.2 Å². The lowest BCUT2D eigenvalue weighted by Crippen LogP contribution is -2.49. The van der Waals surface area contributed by atoms with Gasteiger partial charge in [-0.05, 0) is 29.2 Å². The van der Waals surface area contributed by atoms with Gasteiger partial charge in [0.25, 0.3) is 5.91 Å². The third-order valence-electron chi connectivity index (χ3n) is 6.54. The van der Waals surface area contributed by atoms with E-state index in [9.17, 15) is 4.79 Å². The molecule has 6 nitrogen and oxygen atoms in total. The summed E-state index contributed by atoms with van der Waals surface area (Å²) in [5.41, 5.74) is 6.84. The second-order valence-corrected chi connectivity index (χ2v) is 9.43. The average Bonchev–Trinajstić information content (AvgIpc) is 3.42. The lowest BCUT2D eigenvalue weighted by Gasteiger charge is -2.38. The van der Waals surface area contributed by atoms with E-state index in [0.717, 1.165) is 23.8 Å². The van der Waals surface area contributed by atoms with Gasteiger partial charge in [0.05, 0.1) is 17.9 Å². The first kappa shape index (κ1) is 20.2. The Hall–Kier alpha value is -3.42. The summed E-state index contributed by atoms with van der Waals surface area (Å²) in [5.74, 6) is 0.0620. The van der Waals surface area contributed by atoms with E-state index in [1.165, 1.54) is 33.6 Å². The molecule has 3 heterocycles. The van der Waals surface area contributed by atoms with Crippen LogP contribution in [0, 0.1) is 6.92 Å². The fourth-order valence-electron chi connectivity index (χ4n) is 4.96. The van der Waals surface area contributed by atoms with Gasteiger partial charge in [-0.15, -0.1) is 11.3 Å². The molecule has 1 aliphatic heterocycles. The number of carbonyl (C=O) groups is 1. The highest BCUT2D eigenvalue weighted by atomic mass is 32.1. The molecular weight excluding hydrogens is 430 g/mol. The summed E-state index contributed by atoms with van der Waals surface area (Å²) < 4.78 is 0. The Labute approximate surface area is 196 Å². The number of benzene rings is 2. The van der Waals surface area contributed by atoms with Crippen molar-refractivity contribution in [1.29, 1.82) is 0 Å². The normalized spacial score (nSPS) is 16.0. The van der Waals surface area contributed by atoms with Gasteiger partial charge in [0.15, 0.2) is 0 Å². The van der Waals surface area contributed by atoms with E-state index in [1.54, 1.807) is 18.6 Å². The molecule has 0 radical (unpaired) electrons. The van der Waals surface area contributed by atoms with Crippen LogP contribution in [-0.4, -0.2) is 56.8 Å². The minimum absolute atomic E-state index is 0.0620. The van der Waals surface area contributed by atoms with E-state index in [1.807, 2.05) is 11.8 Å². The quantitative estimate of drug-likeness (QED) is 0.459. The third kappa shape index (κ3) is 3.44. The predicted molar refractivity (Wildman–Crippen MR) is 129 cm³/mol. The Morgan fingerprint density at radius 1 is 0.939 bits per heavy atom. The molecule has 1 saturated heterocycles. The number of carbonyl (C=O) groups excluding carboxylic acids is 1. The maximum Gasteiger partial charge on any atom is 0.265 e. The summed E-state index contributed by atoms with van der Waals surface area (Å²) in [4.78, 5) is 31.5. The number of thiazole rings is 1. The monoisotopic (exact) mass is 453 g/mol. The second kappa shape index (κ2) is 8.17. The van der Waals surface area contributed by atoms with Gasteiger partial charge in [0, 0.05) is 38.6 Å². The van der Waals surface area contributed by atoms with Gasteiger partial charge in [0.2, 0.25) is 0 Å². The number of aromatic nitrogens is 3. The molecular formula is C26H23N5OS. The number of rotatable bonds is 3. The standard InChI is InChI=1S/C26H23N5OS/c1-17-24(33-25(29-17)22-16-27-10-11-28-22)26(32)31-14-12-30(13-15-31)23-20-8-4-2-6-18(20)19-7-3-5-9-21(19)23/h2-11,16,23H,12-15H2,1H3. The van der Waals surface area contributed by atoms with Gasteiger partial charge in [-0.25, -0.2) is 4.98 Å². The highest BCUT2D eigenvalue weighted by Crippen LogP contribution is 2.46. The lowest BCUT2D eigenvalue weighted by atomic mass is 10.0. The molecule has 1 fully saturated rings. The van der Waals surface area contributed by atoms with Crippen LogP contribution in [0.25, 0.3) is 21.8 Å². The molecule has 164 valence electrons. The highest BCUT2D eigenvalue weighted by molar-refractivity contribution is 7.17. The molecule has 4 aromatic rings. The molecule has 0 bridgehead atoms. The summed E-state index contributed by atoms with van der Waals surface area (Å²) in [5, 5.41) is 0.738. The Morgan fingerprint density at radius 3 is 2.24 bits per heavy atom. The van der Waals surface area contributed by atoms with E-state index in [4.69, 9.17) is 0 Å². The first-order chi connectivity index (χ1) is 16.2. The summed E-state index contributed by atoms with van der Waals surface area (Å²) in [6.07, 6.45) is 4.96. The van der Waals surface area contributed by atoms with Crippen LogP contribution in [0.2, 0.25) is 0 Å². The summed E-state index contributed by atoms with van der Waals surface area (Å²) in [6.45, 7) is 4.99. The Bertz CT molecular complexity index is 1280. The fourth-order valence-corrected chi connectivity index (χ4v) is 5.96. The van der Waals surface area contributed by atoms with Crippen molar-refractivity contribution in [3.63, 3.8) is 0 Å². The van der Waals surface area contributed by atoms with Gasteiger partial charge < -0.3 is 4.90 Å². The maximum absolute atomic E-state index is 13.3. The van der Waals surface area contributed by atoms with Crippen LogP contribution in [0.15, 0.2) is 67.1 Å². The van der Waals surface area contributed by atoms with E-state index in [-0.39, 0.29) is 11.9 Å². The minimum atomic E-state index is 0.0620. The lowest BCUT2D eigenvalue weighted by molar-refractivity contribution is 0.0603. The molecule has 0 unspecified atom stereocenters. The minimum Gasteiger partial charge on any atom is -0.335 e. The number of hydrogen-bond donors (Lipinski definition) is 0. The van der Waals surface area contributed by atoms with Gasteiger partial charge in [-0.2, -0.15) is 0 Å². The van der Waals surface area contributed by atoms with Crippen LogP contribution < -0.4 is 0 Å². The van der Waals surface area contributed by atoms with E-state index < -0.39 is 0 Å². The Kier molecular flexibility index (Phi) is 5.00. The molecule has 2 aliphatic rings. The van der Waals surface area contributed by atoms with Crippen molar-refractivity contribution in [2.24, 2.45) is 0 Å². The first-order valence-corrected chi connectivity index (χ1v) is 12.0. The van der Waals surface area contributed by atoms with Crippen LogP contribution in [0.5, 0.6) is 0 Å². The fraction of sp³-hybridized carbons (Fsp3) is 0.231. The Morgan fingerprint density at radius 2 is 1.61 bits per heavy atom. The van der Waals surface area contributed by atoms with Crippen molar-refractivity contribution >= 4 is 17.2 Å². The van der Waals surface area contributed by atoms with Gasteiger partial charge in [0.1, 0.15) is 15.6 Å². The topological polar surface area (TPSA) is 62.2 Å². The van der Waals surface area contributed by atoms with Crippen LogP contribution in [-0.2, 0) is 0 Å². The van der Waals surface area contributed by atoms with Crippen molar-refractivity contribution < 1.29 is 4.79 Å². The maximum atomic E-state index is 13.3. The van der Waals surface area contributed by atoms with Gasteiger partial charge in [-0.1, -0.05) is 48.5 Å². The molecule has 0 spiro atoms. The summed E-state index contributed by atoms with van der Waals surface area (Å²) >= 11 is 1.40. The molecule has 2 aromatic carbocycles. The summed E-state index contributed by atoms with van der Waals surface area (Å²) in [7, 11) is 0. The first-order valence-electron chi connectivity index (χ1n) is 11.2. The van der Waals surface area contributed by atoms with E-state index >= 15 is 0 Å².